The fourth-order valence-corrected chi connectivity index (χ4v) is 1.67. The smallest absolute Gasteiger partial charge is 0.119 e. The second-order valence-corrected chi connectivity index (χ2v) is 2.84. The number of nitrogens with two attached hydrogens (primary N) is 1. The Hall–Kier alpha value is -1.43. The molecule has 0 fully saturated rings. The summed E-state index contributed by atoms with van der Waals surface area (Å²) in [6, 6.07) is 2.12. The maximum Gasteiger partial charge on any atom is 0.119 e. The number of hydrogen-bond acceptors (Lipinski definition) is 2. The Morgan fingerprint density at radius 1 is 1.45 bits per heavy atom. The fraction of sp³-hybridized carbons (Fsp3) is 0.375. The van der Waals surface area contributed by atoms with Crippen molar-refractivity contribution in [2.75, 3.05) is 5.73 Å². The van der Waals surface area contributed by atoms with Gasteiger partial charge in [-0.1, -0.05) is 0 Å². The summed E-state index contributed by atoms with van der Waals surface area (Å²) >= 11 is 0. The number of nitrogen functional groups attached to an aromatic ring is 1. The van der Waals surface area contributed by atoms with Gasteiger partial charge in [0.2, 0.25) is 0 Å². The molecule has 3 N–H and O–H groups in total. The SMILES string of the molecule is N#Cc1c(N)[nH]c2c1CCC2. The summed E-state index contributed by atoms with van der Waals surface area (Å²) < 4.78 is 0. The van der Waals surface area contributed by atoms with Crippen molar-refractivity contribution in [2.45, 2.75) is 19.3 Å². The molecule has 0 aliphatic heterocycles. The van der Waals surface area contributed by atoms with Gasteiger partial charge in [-0.25, -0.2) is 0 Å². The van der Waals surface area contributed by atoms with Gasteiger partial charge in [-0.05, 0) is 24.8 Å². The van der Waals surface area contributed by atoms with Gasteiger partial charge < -0.3 is 10.7 Å². The molecule has 1 aromatic heterocycles. The summed E-state index contributed by atoms with van der Waals surface area (Å²) in [5.41, 5.74) is 8.56. The van der Waals surface area contributed by atoms with Crippen LogP contribution in [0.1, 0.15) is 23.2 Å². The van der Waals surface area contributed by atoms with Gasteiger partial charge in [0.15, 0.2) is 0 Å². The van der Waals surface area contributed by atoms with E-state index in [2.05, 4.69) is 11.1 Å². The minimum Gasteiger partial charge on any atom is -0.384 e. The fourth-order valence-electron chi connectivity index (χ4n) is 1.67. The van der Waals surface area contributed by atoms with Crippen LogP contribution in [0.25, 0.3) is 0 Å². The molecule has 3 heteroatoms. The third-order valence-electron chi connectivity index (χ3n) is 2.19. The van der Waals surface area contributed by atoms with Crippen LogP contribution in [0.2, 0.25) is 0 Å². The number of H-pyrrole nitrogens is 1. The second kappa shape index (κ2) is 2.03. The van der Waals surface area contributed by atoms with E-state index in [0.717, 1.165) is 24.8 Å². The lowest BCUT2D eigenvalue weighted by Gasteiger charge is -1.88. The zero-order valence-corrected chi connectivity index (χ0v) is 6.15. The quantitative estimate of drug-likeness (QED) is 0.574. The van der Waals surface area contributed by atoms with Crippen LogP contribution >= 0.6 is 0 Å². The molecule has 11 heavy (non-hydrogen) atoms. The number of nitrogens with zero attached hydrogens (tertiary/aromatic N) is 1. The Labute approximate surface area is 64.8 Å². The van der Waals surface area contributed by atoms with E-state index in [1.165, 1.54) is 5.69 Å². The van der Waals surface area contributed by atoms with E-state index < -0.39 is 0 Å². The number of aromatic amines is 1. The van der Waals surface area contributed by atoms with Crippen LogP contribution < -0.4 is 5.73 Å². The number of nitrogens with one attached hydrogen (secondary N) is 1. The highest BCUT2D eigenvalue weighted by atomic mass is 14.9. The molecule has 2 rings (SSSR count). The minimum atomic E-state index is 0.539. The van der Waals surface area contributed by atoms with Gasteiger partial charge in [-0.15, -0.1) is 0 Å². The van der Waals surface area contributed by atoms with E-state index in [9.17, 15) is 0 Å². The highest BCUT2D eigenvalue weighted by molar-refractivity contribution is 5.58. The molecule has 0 amide bonds. The van der Waals surface area contributed by atoms with Gasteiger partial charge in [0, 0.05) is 5.69 Å². The van der Waals surface area contributed by atoms with Crippen LogP contribution in [0.3, 0.4) is 0 Å². The summed E-state index contributed by atoms with van der Waals surface area (Å²) in [5, 5.41) is 8.72. The first-order valence-electron chi connectivity index (χ1n) is 3.72. The first-order chi connectivity index (χ1) is 5.33. The molecule has 0 aromatic carbocycles. The van der Waals surface area contributed by atoms with E-state index in [4.69, 9.17) is 11.0 Å². The van der Waals surface area contributed by atoms with Crippen molar-refractivity contribution >= 4 is 5.82 Å². The highest BCUT2D eigenvalue weighted by Crippen LogP contribution is 2.28. The molecular formula is C8H9N3. The number of aromatic nitrogens is 1. The first-order valence-corrected chi connectivity index (χ1v) is 3.72. The van der Waals surface area contributed by atoms with Crippen molar-refractivity contribution in [3.05, 3.63) is 16.8 Å². The number of rotatable bonds is 0. The predicted octanol–water partition coefficient (Wildman–Crippen LogP) is 0.957. The molecule has 0 unspecified atom stereocenters. The molecule has 0 saturated carbocycles. The summed E-state index contributed by atoms with van der Waals surface area (Å²) in [7, 11) is 0. The predicted molar refractivity (Wildman–Crippen MR) is 41.9 cm³/mol. The van der Waals surface area contributed by atoms with Crippen LogP contribution in [0, 0.1) is 11.3 Å². The number of anilines is 1. The van der Waals surface area contributed by atoms with Crippen LogP contribution in [-0.2, 0) is 12.8 Å². The van der Waals surface area contributed by atoms with E-state index in [0.29, 0.717) is 11.4 Å². The average Bonchev–Trinajstić information content (AvgIpc) is 2.46. The average molecular weight is 147 g/mol. The standard InChI is InChI=1S/C8H9N3/c9-4-6-5-2-1-3-7(5)11-8(6)10/h11H,1-3,10H2. The van der Waals surface area contributed by atoms with Gasteiger partial charge in [0.1, 0.15) is 11.9 Å². The molecule has 1 aliphatic carbocycles. The first kappa shape index (κ1) is 6.29. The zero-order valence-electron chi connectivity index (χ0n) is 6.15. The van der Waals surface area contributed by atoms with Crippen LogP contribution in [0.15, 0.2) is 0 Å². The van der Waals surface area contributed by atoms with Gasteiger partial charge in [-0.3, -0.25) is 0 Å². The topological polar surface area (TPSA) is 65.6 Å². The van der Waals surface area contributed by atoms with Crippen molar-refractivity contribution in [1.82, 2.24) is 4.98 Å². The lowest BCUT2D eigenvalue weighted by molar-refractivity contribution is 0.893. The minimum absolute atomic E-state index is 0.539. The van der Waals surface area contributed by atoms with E-state index in [1.54, 1.807) is 0 Å². The molecule has 0 bridgehead atoms. The Kier molecular flexibility index (Phi) is 1.16. The molecule has 0 spiro atoms. The van der Waals surface area contributed by atoms with Crippen molar-refractivity contribution in [3.63, 3.8) is 0 Å². The van der Waals surface area contributed by atoms with Crippen molar-refractivity contribution in [1.29, 1.82) is 5.26 Å². The van der Waals surface area contributed by atoms with Crippen LogP contribution in [0.5, 0.6) is 0 Å². The lowest BCUT2D eigenvalue weighted by atomic mass is 10.1. The van der Waals surface area contributed by atoms with Crippen LogP contribution in [-0.4, -0.2) is 4.98 Å². The van der Waals surface area contributed by atoms with Crippen molar-refractivity contribution < 1.29 is 0 Å². The molecule has 0 radical (unpaired) electrons. The Bertz CT molecular complexity index is 330. The Balaban J connectivity index is 2.63. The lowest BCUT2D eigenvalue weighted by Crippen LogP contribution is -1.89. The monoisotopic (exact) mass is 147 g/mol. The Morgan fingerprint density at radius 2 is 2.27 bits per heavy atom. The normalized spacial score (nSPS) is 14.5. The van der Waals surface area contributed by atoms with Crippen LogP contribution in [0.4, 0.5) is 5.82 Å². The number of nitriles is 1. The van der Waals surface area contributed by atoms with E-state index >= 15 is 0 Å². The number of aryl methyl sites for hydroxylation is 1. The maximum absolute atomic E-state index is 8.72. The molecule has 56 valence electrons. The molecule has 1 heterocycles. The van der Waals surface area contributed by atoms with E-state index in [-0.39, 0.29) is 0 Å². The second-order valence-electron chi connectivity index (χ2n) is 2.84. The third kappa shape index (κ3) is 0.726. The summed E-state index contributed by atoms with van der Waals surface area (Å²) in [4.78, 5) is 3.03. The van der Waals surface area contributed by atoms with Crippen molar-refractivity contribution in [2.24, 2.45) is 0 Å². The molecule has 3 nitrogen and oxygen atoms in total. The molecule has 0 atom stereocenters. The molecule has 1 aromatic rings. The van der Waals surface area contributed by atoms with Gasteiger partial charge >= 0.3 is 0 Å². The maximum atomic E-state index is 8.72. The zero-order chi connectivity index (χ0) is 7.84. The third-order valence-corrected chi connectivity index (χ3v) is 2.19. The summed E-state index contributed by atoms with van der Waals surface area (Å²) in [5.74, 6) is 0.539. The molecular weight excluding hydrogens is 138 g/mol. The van der Waals surface area contributed by atoms with Gasteiger partial charge in [0.25, 0.3) is 0 Å². The Morgan fingerprint density at radius 3 is 3.00 bits per heavy atom. The highest BCUT2D eigenvalue weighted by Gasteiger charge is 2.19. The van der Waals surface area contributed by atoms with E-state index in [1.807, 2.05) is 0 Å². The summed E-state index contributed by atoms with van der Waals surface area (Å²) in [6.45, 7) is 0. The summed E-state index contributed by atoms with van der Waals surface area (Å²) in [6.07, 6.45) is 3.20. The van der Waals surface area contributed by atoms with Crippen molar-refractivity contribution in [3.8, 4) is 6.07 Å². The number of fused-ring (bicyclic) bond motifs is 1. The largest absolute Gasteiger partial charge is 0.384 e. The van der Waals surface area contributed by atoms with Gasteiger partial charge in [0.05, 0.1) is 5.56 Å². The van der Waals surface area contributed by atoms with Gasteiger partial charge in [-0.2, -0.15) is 5.26 Å². The molecule has 0 saturated heterocycles. The number of hydrogen-bond donors (Lipinski definition) is 2. The molecule has 1 aliphatic rings.